The number of para-hydroxylation sites is 1. The maximum atomic E-state index is 12.6. The fourth-order valence-electron chi connectivity index (χ4n) is 3.37. The molecule has 0 bridgehead atoms. The number of amides is 1. The van der Waals surface area contributed by atoms with Gasteiger partial charge in [0.05, 0.1) is 17.5 Å². The van der Waals surface area contributed by atoms with Gasteiger partial charge in [0.25, 0.3) is 0 Å². The first-order chi connectivity index (χ1) is 12.6. The van der Waals surface area contributed by atoms with Crippen LogP contribution in [0.1, 0.15) is 30.1 Å². The van der Waals surface area contributed by atoms with Gasteiger partial charge in [0.15, 0.2) is 0 Å². The van der Waals surface area contributed by atoms with E-state index in [0.29, 0.717) is 11.7 Å². The Bertz CT molecular complexity index is 945. The monoisotopic (exact) mass is 365 g/mol. The Hall–Kier alpha value is -2.27. The molecule has 0 unspecified atom stereocenters. The summed E-state index contributed by atoms with van der Waals surface area (Å²) in [6, 6.07) is 12.4. The van der Waals surface area contributed by atoms with Crippen molar-refractivity contribution in [3.8, 4) is 0 Å². The molecule has 1 fully saturated rings. The molecule has 2 aromatic heterocycles. The number of aryl methyl sites for hydroxylation is 2. The third-order valence-electron chi connectivity index (χ3n) is 4.88. The summed E-state index contributed by atoms with van der Waals surface area (Å²) < 4.78 is 2.11. The Morgan fingerprint density at radius 1 is 1.35 bits per heavy atom. The standard InChI is InChI=1S/C21H23N3OS/c1-14-9-10-22-17(11-14)21(15-7-8-15)23-20(25)13-26-19-12-24(2)18-6-4-3-5-16(18)19/h3-6,9-12,15,21H,7-8,13H2,1-2H3,(H,23,25)/t21-/m0/s1. The van der Waals surface area contributed by atoms with E-state index in [2.05, 4.69) is 46.2 Å². The Labute approximate surface area is 158 Å². The minimum Gasteiger partial charge on any atom is -0.349 e. The molecule has 1 atom stereocenters. The van der Waals surface area contributed by atoms with Gasteiger partial charge in [-0.25, -0.2) is 0 Å². The highest BCUT2D eigenvalue weighted by Gasteiger charge is 2.34. The summed E-state index contributed by atoms with van der Waals surface area (Å²) in [4.78, 5) is 18.2. The molecule has 0 radical (unpaired) electrons. The zero-order valence-corrected chi connectivity index (χ0v) is 15.9. The SMILES string of the molecule is Cc1ccnc([C@@H](NC(=O)CSc2cn(C)c3ccccc23)C2CC2)c1. The van der Waals surface area contributed by atoms with Crippen molar-refractivity contribution in [1.29, 1.82) is 0 Å². The zero-order valence-electron chi connectivity index (χ0n) is 15.1. The number of hydrogen-bond acceptors (Lipinski definition) is 3. The number of nitrogens with zero attached hydrogens (tertiary/aromatic N) is 2. The Morgan fingerprint density at radius 3 is 2.92 bits per heavy atom. The van der Waals surface area contributed by atoms with Gasteiger partial charge in [-0.15, -0.1) is 11.8 Å². The number of nitrogens with one attached hydrogen (secondary N) is 1. The van der Waals surface area contributed by atoms with Gasteiger partial charge in [0.2, 0.25) is 5.91 Å². The molecule has 1 amide bonds. The minimum absolute atomic E-state index is 0.0375. The van der Waals surface area contributed by atoms with E-state index in [1.807, 2.05) is 31.4 Å². The molecule has 5 heteroatoms. The molecule has 2 heterocycles. The van der Waals surface area contributed by atoms with Crippen molar-refractivity contribution in [2.75, 3.05) is 5.75 Å². The Morgan fingerprint density at radius 2 is 2.15 bits per heavy atom. The van der Waals surface area contributed by atoms with Gasteiger partial charge in [-0.05, 0) is 49.4 Å². The summed E-state index contributed by atoms with van der Waals surface area (Å²) in [5, 5.41) is 4.42. The van der Waals surface area contributed by atoms with Crippen LogP contribution in [-0.2, 0) is 11.8 Å². The molecule has 3 aromatic rings. The Kier molecular flexibility index (Phi) is 4.72. The average molecular weight is 366 g/mol. The van der Waals surface area contributed by atoms with Gasteiger partial charge in [0.1, 0.15) is 0 Å². The van der Waals surface area contributed by atoms with Crippen LogP contribution >= 0.6 is 11.8 Å². The predicted molar refractivity (Wildman–Crippen MR) is 106 cm³/mol. The molecule has 0 saturated heterocycles. The van der Waals surface area contributed by atoms with E-state index in [1.165, 1.54) is 16.5 Å². The molecule has 4 nitrogen and oxygen atoms in total. The molecule has 0 spiro atoms. The lowest BCUT2D eigenvalue weighted by Gasteiger charge is -2.18. The second-order valence-electron chi connectivity index (χ2n) is 7.05. The third-order valence-corrected chi connectivity index (χ3v) is 5.93. The second-order valence-corrected chi connectivity index (χ2v) is 8.07. The predicted octanol–water partition coefficient (Wildman–Crippen LogP) is 4.24. The molecule has 26 heavy (non-hydrogen) atoms. The molecule has 4 rings (SSSR count). The quantitative estimate of drug-likeness (QED) is 0.665. The average Bonchev–Trinajstić information content (AvgIpc) is 3.43. The molecule has 1 aliphatic rings. The highest BCUT2D eigenvalue weighted by molar-refractivity contribution is 8.00. The van der Waals surface area contributed by atoms with E-state index in [1.54, 1.807) is 11.8 Å². The first-order valence-corrected chi connectivity index (χ1v) is 9.99. The highest BCUT2D eigenvalue weighted by atomic mass is 32.2. The molecule has 1 saturated carbocycles. The highest BCUT2D eigenvalue weighted by Crippen LogP contribution is 2.40. The number of carbonyl (C=O) groups excluding carboxylic acids is 1. The van der Waals surface area contributed by atoms with Gasteiger partial charge in [0, 0.05) is 35.2 Å². The van der Waals surface area contributed by atoms with Crippen LogP contribution in [0.2, 0.25) is 0 Å². The number of pyridine rings is 1. The van der Waals surface area contributed by atoms with Crippen LogP contribution in [0.4, 0.5) is 0 Å². The summed E-state index contributed by atoms with van der Waals surface area (Å²) in [6.45, 7) is 2.06. The molecule has 1 aliphatic carbocycles. The summed E-state index contributed by atoms with van der Waals surface area (Å²) in [6.07, 6.45) is 6.26. The number of benzene rings is 1. The molecule has 134 valence electrons. The van der Waals surface area contributed by atoms with Crippen LogP contribution < -0.4 is 5.32 Å². The normalized spacial score (nSPS) is 15.2. The van der Waals surface area contributed by atoms with Gasteiger partial charge in [-0.2, -0.15) is 0 Å². The lowest BCUT2D eigenvalue weighted by molar-refractivity contribution is -0.119. The number of rotatable bonds is 6. The van der Waals surface area contributed by atoms with Crippen molar-refractivity contribution in [2.24, 2.45) is 13.0 Å². The molecular formula is C21H23N3OS. The fraction of sp³-hybridized carbons (Fsp3) is 0.333. The lowest BCUT2D eigenvalue weighted by atomic mass is 10.1. The van der Waals surface area contributed by atoms with Crippen molar-refractivity contribution in [2.45, 2.75) is 30.7 Å². The fourth-order valence-corrected chi connectivity index (χ4v) is 4.30. The van der Waals surface area contributed by atoms with E-state index < -0.39 is 0 Å². The number of fused-ring (bicyclic) bond motifs is 1. The largest absolute Gasteiger partial charge is 0.349 e. The maximum Gasteiger partial charge on any atom is 0.230 e. The van der Waals surface area contributed by atoms with Crippen LogP contribution in [0, 0.1) is 12.8 Å². The first kappa shape index (κ1) is 17.2. The van der Waals surface area contributed by atoms with Crippen LogP contribution in [0.25, 0.3) is 10.9 Å². The number of hydrogen-bond donors (Lipinski definition) is 1. The summed E-state index contributed by atoms with van der Waals surface area (Å²) in [5.41, 5.74) is 3.35. The minimum atomic E-state index is 0.0375. The molecule has 0 aliphatic heterocycles. The van der Waals surface area contributed by atoms with Crippen LogP contribution in [-0.4, -0.2) is 21.2 Å². The first-order valence-electron chi connectivity index (χ1n) is 9.00. The van der Waals surface area contributed by atoms with Gasteiger partial charge >= 0.3 is 0 Å². The molecular weight excluding hydrogens is 342 g/mol. The second kappa shape index (κ2) is 7.16. The van der Waals surface area contributed by atoms with E-state index in [0.717, 1.165) is 23.4 Å². The molecule has 1 N–H and O–H groups in total. The van der Waals surface area contributed by atoms with Gasteiger partial charge < -0.3 is 9.88 Å². The smallest absolute Gasteiger partial charge is 0.230 e. The van der Waals surface area contributed by atoms with Crippen molar-refractivity contribution in [3.63, 3.8) is 0 Å². The van der Waals surface area contributed by atoms with Crippen LogP contribution in [0.5, 0.6) is 0 Å². The van der Waals surface area contributed by atoms with Gasteiger partial charge in [-0.3, -0.25) is 9.78 Å². The van der Waals surface area contributed by atoms with E-state index in [4.69, 9.17) is 0 Å². The lowest BCUT2D eigenvalue weighted by Crippen LogP contribution is -2.31. The third kappa shape index (κ3) is 3.63. The topological polar surface area (TPSA) is 46.9 Å². The summed E-state index contributed by atoms with van der Waals surface area (Å²) in [7, 11) is 2.04. The van der Waals surface area contributed by atoms with Crippen LogP contribution in [0.15, 0.2) is 53.7 Å². The van der Waals surface area contributed by atoms with Crippen molar-refractivity contribution >= 4 is 28.6 Å². The van der Waals surface area contributed by atoms with E-state index in [-0.39, 0.29) is 11.9 Å². The maximum absolute atomic E-state index is 12.6. The molecule has 1 aromatic carbocycles. The number of carbonyl (C=O) groups is 1. The zero-order chi connectivity index (χ0) is 18.1. The summed E-state index contributed by atoms with van der Waals surface area (Å²) >= 11 is 1.60. The van der Waals surface area contributed by atoms with Crippen molar-refractivity contribution in [1.82, 2.24) is 14.9 Å². The summed E-state index contributed by atoms with van der Waals surface area (Å²) in [5.74, 6) is 1.02. The van der Waals surface area contributed by atoms with E-state index >= 15 is 0 Å². The number of thioether (sulfide) groups is 1. The number of aromatic nitrogens is 2. The van der Waals surface area contributed by atoms with E-state index in [9.17, 15) is 4.79 Å². The van der Waals surface area contributed by atoms with Crippen LogP contribution in [0.3, 0.4) is 0 Å². The van der Waals surface area contributed by atoms with Crippen molar-refractivity contribution in [3.05, 3.63) is 60.0 Å². The van der Waals surface area contributed by atoms with Crippen molar-refractivity contribution < 1.29 is 4.79 Å². The Balaban J connectivity index is 1.44. The van der Waals surface area contributed by atoms with Gasteiger partial charge in [-0.1, -0.05) is 18.2 Å².